The zero-order valence-corrected chi connectivity index (χ0v) is 16.6. The van der Waals surface area contributed by atoms with Crippen molar-refractivity contribution in [1.29, 1.82) is 0 Å². The van der Waals surface area contributed by atoms with E-state index in [1.165, 1.54) is 11.0 Å². The minimum Gasteiger partial charge on any atom is -0.335 e. The normalized spacial score (nSPS) is 19.7. The molecule has 158 valence electrons. The molecule has 29 heavy (non-hydrogen) atoms. The molecular formula is C21H27F3N4O. The SMILES string of the molecule is Cc1ccc2c(c1)nc(C(F)(F)F)n2C1CCN(C(=O)NC2CCCCC2)CC1. The zero-order valence-electron chi connectivity index (χ0n) is 16.6. The number of nitrogens with one attached hydrogen (secondary N) is 1. The largest absolute Gasteiger partial charge is 0.449 e. The summed E-state index contributed by atoms with van der Waals surface area (Å²) < 4.78 is 42.3. The molecule has 0 atom stereocenters. The van der Waals surface area contributed by atoms with Crippen molar-refractivity contribution in [1.82, 2.24) is 19.8 Å². The van der Waals surface area contributed by atoms with Crippen LogP contribution in [0.25, 0.3) is 11.0 Å². The highest BCUT2D eigenvalue weighted by atomic mass is 19.4. The number of hydrogen-bond acceptors (Lipinski definition) is 2. The number of nitrogens with zero attached hydrogens (tertiary/aromatic N) is 3. The maximum atomic E-state index is 13.6. The van der Waals surface area contributed by atoms with E-state index in [2.05, 4.69) is 10.3 Å². The number of imidazole rings is 1. The van der Waals surface area contributed by atoms with Gasteiger partial charge >= 0.3 is 12.2 Å². The van der Waals surface area contributed by atoms with Crippen LogP contribution in [0.2, 0.25) is 0 Å². The van der Waals surface area contributed by atoms with Crippen LogP contribution < -0.4 is 5.32 Å². The molecule has 0 radical (unpaired) electrons. The van der Waals surface area contributed by atoms with Gasteiger partial charge < -0.3 is 14.8 Å². The van der Waals surface area contributed by atoms with Crippen LogP contribution >= 0.6 is 0 Å². The van der Waals surface area contributed by atoms with Gasteiger partial charge in [-0.1, -0.05) is 25.3 Å². The molecule has 2 amide bonds. The van der Waals surface area contributed by atoms with Crippen LogP contribution in [0.1, 0.15) is 62.4 Å². The van der Waals surface area contributed by atoms with E-state index in [1.807, 2.05) is 13.0 Å². The fourth-order valence-electron chi connectivity index (χ4n) is 4.62. The second-order valence-corrected chi connectivity index (χ2v) is 8.30. The minimum absolute atomic E-state index is 0.0856. The van der Waals surface area contributed by atoms with Crippen molar-refractivity contribution < 1.29 is 18.0 Å². The molecule has 5 nitrogen and oxygen atoms in total. The standard InChI is InChI=1S/C21H27F3N4O/c1-14-7-8-18-17(13-14)26-19(21(22,23)24)28(18)16-9-11-27(12-10-16)20(29)25-15-5-3-2-4-6-15/h7-8,13,15-16H,2-6,9-12H2,1H3,(H,25,29). The first-order chi connectivity index (χ1) is 13.8. The van der Waals surface area contributed by atoms with Gasteiger partial charge in [0.25, 0.3) is 0 Å². The van der Waals surface area contributed by atoms with E-state index in [-0.39, 0.29) is 18.1 Å². The molecule has 8 heteroatoms. The van der Waals surface area contributed by atoms with Gasteiger partial charge in [-0.05, 0) is 50.3 Å². The highest BCUT2D eigenvalue weighted by Crippen LogP contribution is 2.37. The lowest BCUT2D eigenvalue weighted by Crippen LogP contribution is -2.48. The van der Waals surface area contributed by atoms with Gasteiger partial charge in [-0.25, -0.2) is 9.78 Å². The van der Waals surface area contributed by atoms with E-state index in [4.69, 9.17) is 0 Å². The second kappa shape index (κ2) is 7.88. The summed E-state index contributed by atoms with van der Waals surface area (Å²) >= 11 is 0. The number of carbonyl (C=O) groups excluding carboxylic acids is 1. The van der Waals surface area contributed by atoms with E-state index in [0.29, 0.717) is 37.0 Å². The molecule has 2 fully saturated rings. The summed E-state index contributed by atoms with van der Waals surface area (Å²) in [6, 6.07) is 5.04. The molecule has 1 aromatic heterocycles. The van der Waals surface area contributed by atoms with Crippen molar-refractivity contribution in [2.75, 3.05) is 13.1 Å². The van der Waals surface area contributed by atoms with Gasteiger partial charge in [0.2, 0.25) is 5.82 Å². The summed E-state index contributed by atoms with van der Waals surface area (Å²) in [5, 5.41) is 3.10. The zero-order chi connectivity index (χ0) is 20.6. The predicted octanol–water partition coefficient (Wildman–Crippen LogP) is 5.04. The summed E-state index contributed by atoms with van der Waals surface area (Å²) in [4.78, 5) is 18.2. The Morgan fingerprint density at radius 2 is 1.79 bits per heavy atom. The number of amides is 2. The predicted molar refractivity (Wildman–Crippen MR) is 105 cm³/mol. The number of benzene rings is 1. The third kappa shape index (κ3) is 4.21. The Balaban J connectivity index is 1.49. The van der Waals surface area contributed by atoms with Crippen molar-refractivity contribution in [2.24, 2.45) is 0 Å². The average Bonchev–Trinajstić information content (AvgIpc) is 3.08. The summed E-state index contributed by atoms with van der Waals surface area (Å²) in [6.07, 6.45) is 1.98. The van der Waals surface area contributed by atoms with Gasteiger partial charge in [-0.2, -0.15) is 13.2 Å². The third-order valence-electron chi connectivity index (χ3n) is 6.15. The fraction of sp³-hybridized carbons (Fsp3) is 0.619. The minimum atomic E-state index is -4.51. The number of rotatable bonds is 2. The Bertz CT molecular complexity index is 878. The molecule has 1 aliphatic carbocycles. The molecule has 1 saturated carbocycles. The van der Waals surface area contributed by atoms with Crippen molar-refractivity contribution in [3.05, 3.63) is 29.6 Å². The Hall–Kier alpha value is -2.25. The first-order valence-corrected chi connectivity index (χ1v) is 10.4. The molecule has 2 aromatic rings. The number of alkyl halides is 3. The maximum absolute atomic E-state index is 13.6. The average molecular weight is 408 g/mol. The Kier molecular flexibility index (Phi) is 5.44. The highest BCUT2D eigenvalue weighted by molar-refractivity contribution is 5.77. The first-order valence-electron chi connectivity index (χ1n) is 10.4. The van der Waals surface area contributed by atoms with Crippen molar-refractivity contribution in [2.45, 2.75) is 70.1 Å². The van der Waals surface area contributed by atoms with Crippen molar-refractivity contribution in [3.63, 3.8) is 0 Å². The Morgan fingerprint density at radius 1 is 1.10 bits per heavy atom. The number of aromatic nitrogens is 2. The van der Waals surface area contributed by atoms with Crippen LogP contribution in [-0.4, -0.2) is 39.6 Å². The third-order valence-corrected chi connectivity index (χ3v) is 6.15. The number of carbonyl (C=O) groups is 1. The van der Waals surface area contributed by atoms with Crippen molar-refractivity contribution >= 4 is 17.1 Å². The molecule has 1 saturated heterocycles. The second-order valence-electron chi connectivity index (χ2n) is 8.30. The van der Waals surface area contributed by atoms with Gasteiger partial charge in [0.1, 0.15) is 0 Å². The van der Waals surface area contributed by atoms with E-state index >= 15 is 0 Å². The summed E-state index contributed by atoms with van der Waals surface area (Å²) in [5.74, 6) is -0.844. The maximum Gasteiger partial charge on any atom is 0.449 e. The van der Waals surface area contributed by atoms with Crippen LogP contribution in [0, 0.1) is 6.92 Å². The number of fused-ring (bicyclic) bond motifs is 1. The Morgan fingerprint density at radius 3 is 2.45 bits per heavy atom. The van der Waals surface area contributed by atoms with Gasteiger partial charge in [0, 0.05) is 25.2 Å². The summed E-state index contributed by atoms with van der Waals surface area (Å²) in [6.45, 7) is 2.74. The van der Waals surface area contributed by atoms with E-state index in [9.17, 15) is 18.0 Å². The van der Waals surface area contributed by atoms with Crippen LogP contribution in [0.15, 0.2) is 18.2 Å². The number of likely N-dealkylation sites (tertiary alicyclic amines) is 1. The molecule has 4 rings (SSSR count). The lowest BCUT2D eigenvalue weighted by Gasteiger charge is -2.35. The Labute approximate surface area is 168 Å². The topological polar surface area (TPSA) is 50.2 Å². The lowest BCUT2D eigenvalue weighted by molar-refractivity contribution is -0.147. The molecule has 0 spiro atoms. The molecule has 1 N–H and O–H groups in total. The number of piperidine rings is 1. The molecular weight excluding hydrogens is 381 g/mol. The molecule has 2 aliphatic rings. The summed E-state index contributed by atoms with van der Waals surface area (Å²) in [5.41, 5.74) is 1.76. The van der Waals surface area contributed by atoms with Gasteiger partial charge in [0.05, 0.1) is 11.0 Å². The highest BCUT2D eigenvalue weighted by Gasteiger charge is 2.40. The number of urea groups is 1. The number of aryl methyl sites for hydroxylation is 1. The van der Waals surface area contributed by atoms with E-state index in [0.717, 1.165) is 31.2 Å². The van der Waals surface area contributed by atoms with Crippen LogP contribution in [-0.2, 0) is 6.18 Å². The van der Waals surface area contributed by atoms with Crippen LogP contribution in [0.4, 0.5) is 18.0 Å². The van der Waals surface area contributed by atoms with Crippen LogP contribution in [0.5, 0.6) is 0 Å². The van der Waals surface area contributed by atoms with E-state index < -0.39 is 12.0 Å². The smallest absolute Gasteiger partial charge is 0.335 e. The fourth-order valence-corrected chi connectivity index (χ4v) is 4.62. The molecule has 1 aliphatic heterocycles. The first kappa shape index (κ1) is 20.0. The summed E-state index contributed by atoms with van der Waals surface area (Å²) in [7, 11) is 0. The quantitative estimate of drug-likeness (QED) is 0.757. The molecule has 0 bridgehead atoms. The molecule has 1 aromatic carbocycles. The van der Waals surface area contributed by atoms with Gasteiger partial charge in [-0.15, -0.1) is 0 Å². The van der Waals surface area contributed by atoms with Crippen LogP contribution in [0.3, 0.4) is 0 Å². The molecule has 2 heterocycles. The number of hydrogen-bond donors (Lipinski definition) is 1. The molecule has 0 unspecified atom stereocenters. The number of halogens is 3. The van der Waals surface area contributed by atoms with Gasteiger partial charge in [0.15, 0.2) is 0 Å². The van der Waals surface area contributed by atoms with Gasteiger partial charge in [-0.3, -0.25) is 0 Å². The lowest BCUT2D eigenvalue weighted by atomic mass is 9.95. The monoisotopic (exact) mass is 408 g/mol. The van der Waals surface area contributed by atoms with E-state index in [1.54, 1.807) is 17.0 Å². The van der Waals surface area contributed by atoms with Crippen molar-refractivity contribution in [3.8, 4) is 0 Å².